The summed E-state index contributed by atoms with van der Waals surface area (Å²) in [4.78, 5) is 2.45. The van der Waals surface area contributed by atoms with Gasteiger partial charge in [0.25, 0.3) is 0 Å². The quantitative estimate of drug-likeness (QED) is 0.172. The van der Waals surface area contributed by atoms with E-state index in [2.05, 4.69) is 236 Å². The first-order valence-electron chi connectivity index (χ1n) is 22.2. The standard InChI is InChI=1S/C60H53NO/c1-57(2,3)40-34-53(58(4,5)6)56-48-36-42(31-33-54(48)62-55(56)35-40)61(43-30-32-47-44-20-12-15-23-49(44)59(7,8)52(47)37-43)41-28-26-39(27-29-41)60(38-18-10-9-11-19-38)50-24-16-13-21-45(50)46-22-14-17-25-51(46)60/h9-37H,1-8H3. The van der Waals surface area contributed by atoms with Gasteiger partial charge in [0.2, 0.25) is 0 Å². The van der Waals surface area contributed by atoms with Crippen LogP contribution in [0.4, 0.5) is 17.1 Å². The van der Waals surface area contributed by atoms with E-state index in [1.54, 1.807) is 0 Å². The maximum Gasteiger partial charge on any atom is 0.136 e. The lowest BCUT2D eigenvalue weighted by Gasteiger charge is -2.34. The van der Waals surface area contributed by atoms with Crippen molar-refractivity contribution < 1.29 is 4.42 Å². The number of furan rings is 1. The van der Waals surface area contributed by atoms with E-state index in [0.717, 1.165) is 33.6 Å². The number of benzene rings is 8. The molecule has 2 aliphatic rings. The van der Waals surface area contributed by atoms with Gasteiger partial charge in [-0.2, -0.15) is 0 Å². The molecule has 304 valence electrons. The van der Waals surface area contributed by atoms with Gasteiger partial charge in [-0.05, 0) is 126 Å². The molecule has 0 fully saturated rings. The summed E-state index contributed by atoms with van der Waals surface area (Å²) in [6, 6.07) is 65.9. The molecule has 1 heterocycles. The van der Waals surface area contributed by atoms with Gasteiger partial charge >= 0.3 is 0 Å². The summed E-state index contributed by atoms with van der Waals surface area (Å²) in [5.41, 5.74) is 20.2. The Balaban J connectivity index is 1.14. The molecule has 1 aromatic heterocycles. The van der Waals surface area contributed by atoms with E-state index >= 15 is 0 Å². The fraction of sp³-hybridized carbons (Fsp3) is 0.200. The van der Waals surface area contributed by atoms with Crippen LogP contribution in [0.2, 0.25) is 0 Å². The zero-order valence-electron chi connectivity index (χ0n) is 37.1. The number of fused-ring (bicyclic) bond motifs is 9. The molecule has 0 N–H and O–H groups in total. The Hall–Kier alpha value is -6.64. The first-order valence-corrected chi connectivity index (χ1v) is 22.2. The van der Waals surface area contributed by atoms with E-state index in [9.17, 15) is 0 Å². The summed E-state index contributed by atoms with van der Waals surface area (Å²) in [7, 11) is 0. The molecule has 0 unspecified atom stereocenters. The first-order chi connectivity index (χ1) is 29.8. The molecule has 0 bridgehead atoms. The maximum atomic E-state index is 6.76. The van der Waals surface area contributed by atoms with Crippen molar-refractivity contribution in [1.29, 1.82) is 0 Å². The molecule has 0 aliphatic heterocycles. The van der Waals surface area contributed by atoms with Crippen molar-refractivity contribution in [2.45, 2.75) is 77.0 Å². The minimum Gasteiger partial charge on any atom is -0.456 e. The zero-order chi connectivity index (χ0) is 42.8. The number of rotatable bonds is 5. The molecule has 8 aromatic carbocycles. The summed E-state index contributed by atoms with van der Waals surface area (Å²) in [5.74, 6) is 0. The molecular formula is C60H53NO. The summed E-state index contributed by atoms with van der Waals surface area (Å²) in [6.45, 7) is 18.5. The average molecular weight is 804 g/mol. The maximum absolute atomic E-state index is 6.76. The predicted octanol–water partition coefficient (Wildman–Crippen LogP) is 16.3. The molecule has 0 saturated carbocycles. The lowest BCUT2D eigenvalue weighted by atomic mass is 9.68. The van der Waals surface area contributed by atoms with Gasteiger partial charge in [0, 0.05) is 33.2 Å². The Morgan fingerprint density at radius 2 is 0.935 bits per heavy atom. The Morgan fingerprint density at radius 1 is 0.419 bits per heavy atom. The minimum absolute atomic E-state index is 0.00988. The second-order valence-corrected chi connectivity index (χ2v) is 20.2. The molecule has 2 heteroatoms. The summed E-state index contributed by atoms with van der Waals surface area (Å²) in [6.07, 6.45) is 0. The van der Waals surface area contributed by atoms with Gasteiger partial charge in [-0.1, -0.05) is 183 Å². The molecule has 11 rings (SSSR count). The van der Waals surface area contributed by atoms with Gasteiger partial charge in [-0.15, -0.1) is 0 Å². The van der Waals surface area contributed by atoms with Crippen LogP contribution in [0.25, 0.3) is 44.2 Å². The predicted molar refractivity (Wildman–Crippen MR) is 261 cm³/mol. The SMILES string of the molecule is CC(C)(C)c1cc(C(C)(C)C)c2c(c1)oc1ccc(N(c3ccc(C4(c5ccccc5)c5ccccc5-c5ccccc54)cc3)c3ccc4c(c3)C(C)(C)c3ccccc3-4)cc12. The Labute approximate surface area is 366 Å². The van der Waals surface area contributed by atoms with Gasteiger partial charge in [0.1, 0.15) is 11.2 Å². The zero-order valence-corrected chi connectivity index (χ0v) is 37.1. The van der Waals surface area contributed by atoms with Gasteiger partial charge < -0.3 is 9.32 Å². The van der Waals surface area contributed by atoms with Crippen LogP contribution in [0.1, 0.15) is 99.9 Å². The van der Waals surface area contributed by atoms with E-state index in [1.165, 1.54) is 72.1 Å². The van der Waals surface area contributed by atoms with Crippen LogP contribution in [-0.2, 0) is 21.7 Å². The summed E-state index contributed by atoms with van der Waals surface area (Å²) < 4.78 is 6.76. The number of anilines is 3. The van der Waals surface area contributed by atoms with Crippen molar-refractivity contribution in [3.05, 3.63) is 220 Å². The number of hydrogen-bond donors (Lipinski definition) is 0. The van der Waals surface area contributed by atoms with Crippen LogP contribution >= 0.6 is 0 Å². The van der Waals surface area contributed by atoms with Gasteiger partial charge in [0.15, 0.2) is 0 Å². The van der Waals surface area contributed by atoms with Crippen molar-refractivity contribution in [2.75, 3.05) is 4.90 Å². The monoisotopic (exact) mass is 803 g/mol. The fourth-order valence-electron chi connectivity index (χ4n) is 10.9. The van der Waals surface area contributed by atoms with Crippen LogP contribution in [0, 0.1) is 0 Å². The molecule has 0 spiro atoms. The second-order valence-electron chi connectivity index (χ2n) is 20.2. The first kappa shape index (κ1) is 38.3. The van der Waals surface area contributed by atoms with Crippen LogP contribution in [0.3, 0.4) is 0 Å². The highest BCUT2D eigenvalue weighted by molar-refractivity contribution is 6.09. The third-order valence-corrected chi connectivity index (χ3v) is 14.0. The molecule has 2 nitrogen and oxygen atoms in total. The third kappa shape index (κ3) is 5.55. The molecule has 62 heavy (non-hydrogen) atoms. The Kier molecular flexibility index (Phi) is 8.29. The van der Waals surface area contributed by atoms with E-state index in [1.807, 2.05) is 0 Å². The summed E-state index contributed by atoms with van der Waals surface area (Å²) >= 11 is 0. The molecule has 0 radical (unpaired) electrons. The van der Waals surface area contributed by atoms with Crippen molar-refractivity contribution >= 4 is 39.0 Å². The number of nitrogens with zero attached hydrogens (tertiary/aromatic N) is 1. The largest absolute Gasteiger partial charge is 0.456 e. The van der Waals surface area contributed by atoms with Crippen LogP contribution < -0.4 is 4.90 Å². The molecular weight excluding hydrogens is 751 g/mol. The molecule has 0 atom stereocenters. The van der Waals surface area contributed by atoms with Gasteiger partial charge in [0.05, 0.1) is 5.41 Å². The summed E-state index contributed by atoms with van der Waals surface area (Å²) in [5, 5.41) is 2.34. The fourth-order valence-corrected chi connectivity index (χ4v) is 10.9. The van der Waals surface area contributed by atoms with E-state index in [-0.39, 0.29) is 16.2 Å². The highest BCUT2D eigenvalue weighted by Gasteiger charge is 2.46. The van der Waals surface area contributed by atoms with E-state index in [4.69, 9.17) is 4.42 Å². The van der Waals surface area contributed by atoms with Crippen molar-refractivity contribution in [2.24, 2.45) is 0 Å². The Morgan fingerprint density at radius 3 is 1.56 bits per heavy atom. The highest BCUT2D eigenvalue weighted by Crippen LogP contribution is 2.57. The van der Waals surface area contributed by atoms with Crippen molar-refractivity contribution in [1.82, 2.24) is 0 Å². The lowest BCUT2D eigenvalue weighted by Crippen LogP contribution is -2.28. The van der Waals surface area contributed by atoms with Crippen LogP contribution in [-0.4, -0.2) is 0 Å². The van der Waals surface area contributed by atoms with E-state index < -0.39 is 5.41 Å². The second kappa shape index (κ2) is 13.4. The lowest BCUT2D eigenvalue weighted by molar-refractivity contribution is 0.569. The van der Waals surface area contributed by atoms with Gasteiger partial charge in [-0.25, -0.2) is 0 Å². The molecule has 2 aliphatic carbocycles. The van der Waals surface area contributed by atoms with E-state index in [0.29, 0.717) is 0 Å². The van der Waals surface area contributed by atoms with Gasteiger partial charge in [-0.3, -0.25) is 0 Å². The Bertz CT molecular complexity index is 3180. The molecule has 0 saturated heterocycles. The van der Waals surface area contributed by atoms with Crippen LogP contribution in [0.15, 0.2) is 180 Å². The smallest absolute Gasteiger partial charge is 0.136 e. The minimum atomic E-state index is -0.467. The normalized spacial score (nSPS) is 14.7. The van der Waals surface area contributed by atoms with Crippen LogP contribution in [0.5, 0.6) is 0 Å². The molecule has 0 amide bonds. The molecule has 9 aromatic rings. The topological polar surface area (TPSA) is 16.4 Å². The number of hydrogen-bond acceptors (Lipinski definition) is 2. The van der Waals surface area contributed by atoms with Crippen molar-refractivity contribution in [3.8, 4) is 22.3 Å². The highest BCUT2D eigenvalue weighted by atomic mass is 16.3. The average Bonchev–Trinajstić information content (AvgIpc) is 3.87. The third-order valence-electron chi connectivity index (χ3n) is 14.0. The van der Waals surface area contributed by atoms with Crippen molar-refractivity contribution in [3.63, 3.8) is 0 Å².